The van der Waals surface area contributed by atoms with Gasteiger partial charge in [-0.15, -0.1) is 0 Å². The molecule has 0 saturated carbocycles. The summed E-state index contributed by atoms with van der Waals surface area (Å²) in [5.41, 5.74) is 0.441. The highest BCUT2D eigenvalue weighted by atomic mass is 16.6. The Hall–Kier alpha value is -1.55. The molecule has 0 aliphatic heterocycles. The predicted molar refractivity (Wildman–Crippen MR) is 101 cm³/mol. The third-order valence-electron chi connectivity index (χ3n) is 4.32. The van der Waals surface area contributed by atoms with Crippen molar-refractivity contribution >= 4 is 5.97 Å². The second kappa shape index (κ2) is 12.8. The second-order valence-corrected chi connectivity index (χ2v) is 6.62. The zero-order valence-corrected chi connectivity index (χ0v) is 16.0. The molecule has 25 heavy (non-hydrogen) atoms. The van der Waals surface area contributed by atoms with Gasteiger partial charge in [-0.2, -0.15) is 0 Å². The maximum absolute atomic E-state index is 12.2. The molecule has 0 fully saturated rings. The number of unbranched alkanes of at least 4 members (excludes halogenated alkanes) is 5. The lowest BCUT2D eigenvalue weighted by Gasteiger charge is -2.24. The van der Waals surface area contributed by atoms with Gasteiger partial charge in [0, 0.05) is 6.61 Å². The fourth-order valence-electron chi connectivity index (χ4n) is 2.77. The van der Waals surface area contributed by atoms with Crippen LogP contribution in [0.15, 0.2) is 24.3 Å². The van der Waals surface area contributed by atoms with E-state index in [0.717, 1.165) is 25.9 Å². The molecule has 0 heterocycles. The number of benzene rings is 1. The monoisotopic (exact) mass is 350 g/mol. The molecule has 1 N–H and O–H groups in total. The summed E-state index contributed by atoms with van der Waals surface area (Å²) in [7, 11) is 0. The van der Waals surface area contributed by atoms with E-state index in [1.54, 1.807) is 12.1 Å². The number of hydrogen-bond donors (Lipinski definition) is 1. The first-order chi connectivity index (χ1) is 12.1. The maximum Gasteiger partial charge on any atom is 0.338 e. The molecule has 0 amide bonds. The van der Waals surface area contributed by atoms with Gasteiger partial charge in [-0.25, -0.2) is 4.79 Å². The summed E-state index contributed by atoms with van der Waals surface area (Å²) in [6.07, 6.45) is 8.90. The van der Waals surface area contributed by atoms with Gasteiger partial charge in [0.15, 0.2) is 0 Å². The minimum Gasteiger partial charge on any atom is -0.508 e. The standard InChI is InChI=1S/C21H34O4/c1-4-6-7-8-9-10-16-24-20(11-5-2)17(3)25-21(23)18-12-14-19(22)15-13-18/h12-15,17,20,22H,4-11,16H2,1-3H3. The lowest BCUT2D eigenvalue weighted by atomic mass is 10.1. The molecule has 0 spiro atoms. The number of hydrogen-bond acceptors (Lipinski definition) is 4. The maximum atomic E-state index is 12.2. The van der Waals surface area contributed by atoms with Crippen molar-refractivity contribution in [1.29, 1.82) is 0 Å². The van der Waals surface area contributed by atoms with Crippen molar-refractivity contribution in [1.82, 2.24) is 0 Å². The van der Waals surface area contributed by atoms with Crippen molar-refractivity contribution in [2.24, 2.45) is 0 Å². The van der Waals surface area contributed by atoms with Crippen LogP contribution in [0, 0.1) is 0 Å². The van der Waals surface area contributed by atoms with Gasteiger partial charge in [0.1, 0.15) is 11.9 Å². The van der Waals surface area contributed by atoms with Gasteiger partial charge in [-0.05, 0) is 44.0 Å². The van der Waals surface area contributed by atoms with Crippen LogP contribution in [0.2, 0.25) is 0 Å². The van der Waals surface area contributed by atoms with Crippen LogP contribution in [0.25, 0.3) is 0 Å². The van der Waals surface area contributed by atoms with Crippen LogP contribution in [0.5, 0.6) is 5.75 Å². The summed E-state index contributed by atoms with van der Waals surface area (Å²) in [6.45, 7) is 6.94. The summed E-state index contributed by atoms with van der Waals surface area (Å²) in [6, 6.07) is 6.10. The Morgan fingerprint density at radius 3 is 2.28 bits per heavy atom. The topological polar surface area (TPSA) is 55.8 Å². The van der Waals surface area contributed by atoms with E-state index in [-0.39, 0.29) is 23.9 Å². The summed E-state index contributed by atoms with van der Waals surface area (Å²) in [5, 5.41) is 9.29. The van der Waals surface area contributed by atoms with E-state index >= 15 is 0 Å². The normalized spacial score (nSPS) is 13.4. The van der Waals surface area contributed by atoms with Crippen molar-refractivity contribution in [2.75, 3.05) is 6.61 Å². The minimum absolute atomic E-state index is 0.0679. The third kappa shape index (κ3) is 8.92. The lowest BCUT2D eigenvalue weighted by molar-refractivity contribution is -0.0503. The number of carbonyl (C=O) groups is 1. The van der Waals surface area contributed by atoms with E-state index in [2.05, 4.69) is 13.8 Å². The van der Waals surface area contributed by atoms with Gasteiger partial charge in [-0.1, -0.05) is 52.4 Å². The average Bonchev–Trinajstić information content (AvgIpc) is 2.60. The number of phenolic OH excluding ortho intramolecular Hbond substituents is 1. The molecule has 4 heteroatoms. The Labute approximate surface area is 152 Å². The molecule has 2 atom stereocenters. The smallest absolute Gasteiger partial charge is 0.338 e. The fraction of sp³-hybridized carbons (Fsp3) is 0.667. The molecule has 0 aromatic heterocycles. The van der Waals surface area contributed by atoms with E-state index in [0.29, 0.717) is 5.56 Å². The molecule has 0 radical (unpaired) electrons. The van der Waals surface area contributed by atoms with Crippen molar-refractivity contribution in [2.45, 2.75) is 84.3 Å². The van der Waals surface area contributed by atoms with E-state index in [1.165, 1.54) is 44.2 Å². The molecule has 0 aliphatic carbocycles. The molecule has 1 aromatic carbocycles. The number of carbonyl (C=O) groups excluding carboxylic acids is 1. The molecular weight excluding hydrogens is 316 g/mol. The second-order valence-electron chi connectivity index (χ2n) is 6.62. The Bertz CT molecular complexity index is 469. The highest BCUT2D eigenvalue weighted by molar-refractivity contribution is 5.89. The molecular formula is C21H34O4. The van der Waals surface area contributed by atoms with Crippen LogP contribution in [0.3, 0.4) is 0 Å². The van der Waals surface area contributed by atoms with Crippen LogP contribution in [-0.4, -0.2) is 29.9 Å². The van der Waals surface area contributed by atoms with Gasteiger partial charge >= 0.3 is 5.97 Å². The van der Waals surface area contributed by atoms with Crippen LogP contribution < -0.4 is 0 Å². The van der Waals surface area contributed by atoms with Gasteiger partial charge in [-0.3, -0.25) is 0 Å². The van der Waals surface area contributed by atoms with E-state index < -0.39 is 0 Å². The Morgan fingerprint density at radius 2 is 1.64 bits per heavy atom. The summed E-state index contributed by atoms with van der Waals surface area (Å²) >= 11 is 0. The molecule has 142 valence electrons. The van der Waals surface area contributed by atoms with Crippen LogP contribution >= 0.6 is 0 Å². The Morgan fingerprint density at radius 1 is 1.00 bits per heavy atom. The van der Waals surface area contributed by atoms with Crippen LogP contribution in [-0.2, 0) is 9.47 Å². The van der Waals surface area contributed by atoms with Gasteiger partial charge < -0.3 is 14.6 Å². The van der Waals surface area contributed by atoms with Crippen molar-refractivity contribution in [3.63, 3.8) is 0 Å². The average molecular weight is 350 g/mol. The highest BCUT2D eigenvalue weighted by Crippen LogP contribution is 2.16. The molecule has 0 saturated heterocycles. The molecule has 2 unspecified atom stereocenters. The number of rotatable bonds is 13. The van der Waals surface area contributed by atoms with Crippen molar-refractivity contribution < 1.29 is 19.4 Å². The van der Waals surface area contributed by atoms with E-state index in [4.69, 9.17) is 9.47 Å². The first kappa shape index (κ1) is 21.5. The summed E-state index contributed by atoms with van der Waals surface area (Å²) in [4.78, 5) is 12.2. The zero-order chi connectivity index (χ0) is 18.5. The van der Waals surface area contributed by atoms with E-state index in [9.17, 15) is 9.90 Å². The zero-order valence-electron chi connectivity index (χ0n) is 16.0. The van der Waals surface area contributed by atoms with Crippen molar-refractivity contribution in [3.8, 4) is 5.75 Å². The fourth-order valence-corrected chi connectivity index (χ4v) is 2.77. The number of aromatic hydroxyl groups is 1. The Balaban J connectivity index is 2.37. The SMILES string of the molecule is CCCCCCCCOC(CCC)C(C)OC(=O)c1ccc(O)cc1. The van der Waals surface area contributed by atoms with Crippen LogP contribution in [0.4, 0.5) is 0 Å². The van der Waals surface area contributed by atoms with Crippen LogP contribution in [0.1, 0.15) is 82.5 Å². The minimum atomic E-state index is -0.378. The first-order valence-corrected chi connectivity index (χ1v) is 9.70. The molecule has 1 aromatic rings. The van der Waals surface area contributed by atoms with Gasteiger partial charge in [0.2, 0.25) is 0 Å². The number of phenols is 1. The molecule has 1 rings (SSSR count). The third-order valence-corrected chi connectivity index (χ3v) is 4.32. The van der Waals surface area contributed by atoms with Gasteiger partial charge in [0.05, 0.1) is 11.7 Å². The Kier molecular flexibility index (Phi) is 11.0. The molecule has 0 aliphatic rings. The summed E-state index contributed by atoms with van der Waals surface area (Å²) < 4.78 is 11.5. The first-order valence-electron chi connectivity index (χ1n) is 9.70. The lowest BCUT2D eigenvalue weighted by Crippen LogP contribution is -2.31. The quantitative estimate of drug-likeness (QED) is 0.378. The van der Waals surface area contributed by atoms with Gasteiger partial charge in [0.25, 0.3) is 0 Å². The highest BCUT2D eigenvalue weighted by Gasteiger charge is 2.21. The summed E-state index contributed by atoms with van der Waals surface area (Å²) in [5.74, 6) is -0.243. The largest absolute Gasteiger partial charge is 0.508 e. The van der Waals surface area contributed by atoms with E-state index in [1.807, 2.05) is 6.92 Å². The number of ether oxygens (including phenoxy) is 2. The molecule has 4 nitrogen and oxygen atoms in total. The number of esters is 1. The molecule has 0 bridgehead atoms. The van der Waals surface area contributed by atoms with Crippen molar-refractivity contribution in [3.05, 3.63) is 29.8 Å². The predicted octanol–water partition coefficient (Wildman–Crippen LogP) is 5.48.